The first-order chi connectivity index (χ1) is 19.5. The number of amides is 2. The lowest BCUT2D eigenvalue weighted by molar-refractivity contribution is -0.0668. The molecule has 0 saturated carbocycles. The number of ether oxygens (including phenoxy) is 4. The number of aliphatic imine (C=N–C) groups is 1. The molecule has 4 rings (SSSR count). The molecule has 0 aliphatic carbocycles. The number of phosphoric ester groups is 1. The first-order valence-corrected chi connectivity index (χ1v) is 13.7. The fraction of sp³-hybridized carbons (Fsp3) is 0.571. The summed E-state index contributed by atoms with van der Waals surface area (Å²) in [5.74, 6) is -0.555. The van der Waals surface area contributed by atoms with E-state index in [0.717, 1.165) is 4.90 Å². The van der Waals surface area contributed by atoms with Gasteiger partial charge in [0.2, 0.25) is 5.95 Å². The number of aromatic nitrogens is 4. The Balaban J connectivity index is 1.42. The number of nitrogens with zero attached hydrogens (tertiary/aromatic N) is 5. The van der Waals surface area contributed by atoms with Gasteiger partial charge in [0.05, 0.1) is 25.6 Å². The topological polar surface area (TPSA) is 267 Å². The van der Waals surface area contributed by atoms with Crippen LogP contribution in [-0.4, -0.2) is 99.4 Å². The molecule has 2 aromatic rings. The summed E-state index contributed by atoms with van der Waals surface area (Å²) >= 11 is 0. The van der Waals surface area contributed by atoms with Crippen LogP contribution < -0.4 is 22.8 Å². The number of rotatable bonds is 11. The van der Waals surface area contributed by atoms with Crippen LogP contribution in [-0.2, 0) is 32.6 Å². The standard InChI is InChI=1S/C21H32N9O10P/c1-4-29(21(32)28-19(22)23)14-5-10(36-3)13(39-14)8-37-41(33,34)40-11-6-15(38-12(11)7-35-2)30-9-25-16-17(30)26-20(24)27-18(16)31/h4,9-15H,1,5-8H2,2-3H3,(H,33,34)(H4,22,23,28,32)(H3,24,26,27,31)/t10-,11-,12-,13-,14-,15-/m1/s1. The van der Waals surface area contributed by atoms with Gasteiger partial charge in [-0.15, -0.1) is 0 Å². The highest BCUT2D eigenvalue weighted by molar-refractivity contribution is 7.47. The minimum atomic E-state index is -4.69. The normalized spacial score (nSPS) is 27.5. The van der Waals surface area contributed by atoms with Gasteiger partial charge in [0, 0.05) is 33.3 Å². The van der Waals surface area contributed by atoms with Crippen molar-refractivity contribution < 1.29 is 42.2 Å². The van der Waals surface area contributed by atoms with Crippen molar-refractivity contribution in [2.45, 2.75) is 49.7 Å². The highest BCUT2D eigenvalue weighted by atomic mass is 31.2. The number of methoxy groups -OCH3 is 2. The molecule has 2 fully saturated rings. The van der Waals surface area contributed by atoms with Gasteiger partial charge in [0.25, 0.3) is 5.56 Å². The van der Waals surface area contributed by atoms with Gasteiger partial charge in [0.15, 0.2) is 17.1 Å². The van der Waals surface area contributed by atoms with E-state index < -0.39 is 68.9 Å². The molecular weight excluding hydrogens is 569 g/mol. The van der Waals surface area contributed by atoms with Crippen LogP contribution in [0.1, 0.15) is 19.1 Å². The number of guanidine groups is 1. The van der Waals surface area contributed by atoms with Gasteiger partial charge in [-0.25, -0.2) is 14.3 Å². The number of carbonyl (C=O) groups excluding carboxylic acids is 1. The van der Waals surface area contributed by atoms with Gasteiger partial charge in [-0.1, -0.05) is 6.58 Å². The van der Waals surface area contributed by atoms with Crippen molar-refractivity contribution in [3.8, 4) is 0 Å². The molecule has 2 aliphatic heterocycles. The van der Waals surface area contributed by atoms with Crippen molar-refractivity contribution in [2.24, 2.45) is 16.5 Å². The molecule has 1 unspecified atom stereocenters. The number of nitrogens with two attached hydrogens (primary N) is 3. The zero-order chi connectivity index (χ0) is 29.9. The Hall–Kier alpha value is -3.42. The summed E-state index contributed by atoms with van der Waals surface area (Å²) in [6.07, 6.45) is -2.11. The molecule has 0 aromatic carbocycles. The molecule has 4 heterocycles. The van der Waals surface area contributed by atoms with Crippen LogP contribution in [0, 0.1) is 0 Å². The molecule has 2 saturated heterocycles. The lowest BCUT2D eigenvalue weighted by Gasteiger charge is -2.24. The van der Waals surface area contributed by atoms with Crippen LogP contribution in [0.4, 0.5) is 10.7 Å². The monoisotopic (exact) mass is 601 g/mol. The average molecular weight is 602 g/mol. The van der Waals surface area contributed by atoms with Crippen molar-refractivity contribution in [3.63, 3.8) is 0 Å². The Bertz CT molecular complexity index is 1400. The number of nitrogens with one attached hydrogen (secondary N) is 1. The summed E-state index contributed by atoms with van der Waals surface area (Å²) in [5.41, 5.74) is 15.9. The smallest absolute Gasteiger partial charge is 0.382 e. The number of hydrogen-bond donors (Lipinski definition) is 5. The number of anilines is 1. The lowest BCUT2D eigenvalue weighted by atomic mass is 10.2. The minimum Gasteiger partial charge on any atom is -0.382 e. The number of imidazole rings is 1. The van der Waals surface area contributed by atoms with E-state index in [4.69, 9.17) is 45.2 Å². The number of phosphoric acid groups is 1. The zero-order valence-electron chi connectivity index (χ0n) is 22.2. The van der Waals surface area contributed by atoms with Gasteiger partial charge < -0.3 is 41.0 Å². The molecule has 0 radical (unpaired) electrons. The van der Waals surface area contributed by atoms with E-state index in [2.05, 4.69) is 26.5 Å². The Morgan fingerprint density at radius 2 is 2.05 bits per heavy atom. The largest absolute Gasteiger partial charge is 0.472 e. The van der Waals surface area contributed by atoms with Crippen molar-refractivity contribution >= 4 is 36.9 Å². The number of aromatic amines is 1. The molecule has 20 heteroatoms. The first-order valence-electron chi connectivity index (χ1n) is 12.2. The third kappa shape index (κ3) is 6.91. The van der Waals surface area contributed by atoms with Gasteiger partial charge >= 0.3 is 13.9 Å². The van der Waals surface area contributed by atoms with Crippen LogP contribution in [0.5, 0.6) is 0 Å². The second-order valence-corrected chi connectivity index (χ2v) is 10.5. The Labute approximate surface area is 232 Å². The molecule has 19 nitrogen and oxygen atoms in total. The van der Waals surface area contributed by atoms with E-state index >= 15 is 0 Å². The van der Waals surface area contributed by atoms with Gasteiger partial charge in [-0.3, -0.25) is 28.3 Å². The number of hydrogen-bond acceptors (Lipinski definition) is 12. The van der Waals surface area contributed by atoms with Gasteiger partial charge in [-0.05, 0) is 0 Å². The van der Waals surface area contributed by atoms with E-state index in [0.29, 0.717) is 0 Å². The van der Waals surface area contributed by atoms with Crippen molar-refractivity contribution in [1.29, 1.82) is 0 Å². The van der Waals surface area contributed by atoms with Crippen molar-refractivity contribution in [2.75, 3.05) is 33.2 Å². The fourth-order valence-electron chi connectivity index (χ4n) is 4.58. The SMILES string of the molecule is C=CN(C(=O)N=C(N)N)[C@H]1C[C@@H](OC)[C@@H](COP(=O)(O)O[C@@H]2C[C@H](n3cnc4c(=O)[nH]c(N)nc43)O[C@@H]2COC)O1. The van der Waals surface area contributed by atoms with E-state index in [1.807, 2.05) is 0 Å². The lowest BCUT2D eigenvalue weighted by Crippen LogP contribution is -2.37. The predicted molar refractivity (Wildman–Crippen MR) is 141 cm³/mol. The van der Waals surface area contributed by atoms with E-state index in [1.54, 1.807) is 0 Å². The quantitative estimate of drug-likeness (QED) is 0.119. The van der Waals surface area contributed by atoms with Crippen LogP contribution in [0.15, 0.2) is 28.9 Å². The third-order valence-corrected chi connectivity index (χ3v) is 7.39. The third-order valence-electron chi connectivity index (χ3n) is 6.38. The predicted octanol–water partition coefficient (Wildman–Crippen LogP) is -0.893. The summed E-state index contributed by atoms with van der Waals surface area (Å²) in [4.78, 5) is 50.0. The van der Waals surface area contributed by atoms with Crippen LogP contribution in [0.2, 0.25) is 0 Å². The van der Waals surface area contributed by atoms with E-state index in [1.165, 1.54) is 31.3 Å². The van der Waals surface area contributed by atoms with Crippen molar-refractivity contribution in [1.82, 2.24) is 24.4 Å². The Morgan fingerprint density at radius 1 is 1.32 bits per heavy atom. The molecular formula is C21H32N9O10P. The molecule has 2 aromatic heterocycles. The summed E-state index contributed by atoms with van der Waals surface area (Å²) < 4.78 is 47.5. The van der Waals surface area contributed by atoms with Crippen molar-refractivity contribution in [3.05, 3.63) is 29.5 Å². The average Bonchev–Trinajstić information content (AvgIpc) is 3.60. The van der Waals surface area contributed by atoms with Gasteiger partial charge in [0.1, 0.15) is 30.8 Å². The van der Waals surface area contributed by atoms with Gasteiger partial charge in [-0.2, -0.15) is 9.98 Å². The Kier molecular flexibility index (Phi) is 9.40. The summed E-state index contributed by atoms with van der Waals surface area (Å²) in [6, 6.07) is -0.814. The fourth-order valence-corrected chi connectivity index (χ4v) is 5.54. The number of fused-ring (bicyclic) bond motifs is 1. The summed E-state index contributed by atoms with van der Waals surface area (Å²) in [5, 5.41) is 0. The maximum atomic E-state index is 13.0. The first kappa shape index (κ1) is 30.5. The van der Waals surface area contributed by atoms with Crippen LogP contribution in [0.3, 0.4) is 0 Å². The van der Waals surface area contributed by atoms with Crippen LogP contribution in [0.25, 0.3) is 11.2 Å². The Morgan fingerprint density at radius 3 is 2.71 bits per heavy atom. The molecule has 41 heavy (non-hydrogen) atoms. The van der Waals surface area contributed by atoms with E-state index in [-0.39, 0.29) is 36.6 Å². The maximum absolute atomic E-state index is 13.0. The number of carbonyl (C=O) groups is 1. The number of H-pyrrole nitrogens is 1. The molecule has 2 aliphatic rings. The minimum absolute atomic E-state index is 0.0182. The molecule has 8 N–H and O–H groups in total. The van der Waals surface area contributed by atoms with Crippen LogP contribution >= 0.6 is 7.82 Å². The van der Waals surface area contributed by atoms with E-state index in [9.17, 15) is 19.0 Å². The molecule has 226 valence electrons. The zero-order valence-corrected chi connectivity index (χ0v) is 23.1. The number of urea groups is 1. The molecule has 7 atom stereocenters. The molecule has 0 spiro atoms. The highest BCUT2D eigenvalue weighted by Gasteiger charge is 2.44. The second-order valence-electron chi connectivity index (χ2n) is 9.05. The maximum Gasteiger partial charge on any atom is 0.472 e. The number of nitrogen functional groups attached to an aromatic ring is 1. The highest BCUT2D eigenvalue weighted by Crippen LogP contribution is 2.49. The molecule has 2 amide bonds. The molecule has 0 bridgehead atoms. The summed E-state index contributed by atoms with van der Waals surface area (Å²) in [6.45, 7) is 3.16. The summed E-state index contributed by atoms with van der Waals surface area (Å²) in [7, 11) is -1.85. The second kappa shape index (κ2) is 12.6.